The van der Waals surface area contributed by atoms with Crippen LogP contribution in [0.2, 0.25) is 0 Å². The van der Waals surface area contributed by atoms with Crippen LogP contribution in [0, 0.1) is 0 Å². The molecule has 1 saturated heterocycles. The number of aromatic amines is 1. The van der Waals surface area contributed by atoms with E-state index in [9.17, 15) is 4.79 Å². The molecule has 1 fully saturated rings. The number of carbonyl (C=O) groups excluding carboxylic acids is 1. The van der Waals surface area contributed by atoms with Gasteiger partial charge < -0.3 is 4.90 Å². The average Bonchev–Trinajstić information content (AvgIpc) is 3.08. The highest BCUT2D eigenvalue weighted by molar-refractivity contribution is 5.76. The SMILES string of the molecule is O=C(CCc1ccccn1)N1CCCC(c2ccn[nH]2)C1. The minimum atomic E-state index is 0.227. The summed E-state index contributed by atoms with van der Waals surface area (Å²) in [7, 11) is 0. The number of amides is 1. The number of likely N-dealkylation sites (tertiary alicyclic amines) is 1. The van der Waals surface area contributed by atoms with Crippen molar-refractivity contribution >= 4 is 5.91 Å². The number of carbonyl (C=O) groups is 1. The van der Waals surface area contributed by atoms with Gasteiger partial charge in [-0.15, -0.1) is 0 Å². The lowest BCUT2D eigenvalue weighted by atomic mass is 9.94. The second-order valence-corrected chi connectivity index (χ2v) is 5.51. The van der Waals surface area contributed by atoms with Crippen molar-refractivity contribution in [2.45, 2.75) is 31.6 Å². The van der Waals surface area contributed by atoms with E-state index >= 15 is 0 Å². The number of hydrogen-bond donors (Lipinski definition) is 1. The van der Waals surface area contributed by atoms with Crippen molar-refractivity contribution in [3.63, 3.8) is 0 Å². The van der Waals surface area contributed by atoms with E-state index in [0.717, 1.165) is 37.3 Å². The summed E-state index contributed by atoms with van der Waals surface area (Å²) in [5, 5.41) is 7.03. The fourth-order valence-corrected chi connectivity index (χ4v) is 2.89. The molecule has 0 saturated carbocycles. The van der Waals surface area contributed by atoms with Gasteiger partial charge in [-0.1, -0.05) is 6.07 Å². The molecule has 5 heteroatoms. The van der Waals surface area contributed by atoms with Crippen molar-refractivity contribution in [1.29, 1.82) is 0 Å². The molecule has 21 heavy (non-hydrogen) atoms. The minimum Gasteiger partial charge on any atom is -0.342 e. The first-order valence-electron chi connectivity index (χ1n) is 7.50. The highest BCUT2D eigenvalue weighted by atomic mass is 16.2. The normalized spacial score (nSPS) is 18.7. The predicted molar refractivity (Wildman–Crippen MR) is 79.7 cm³/mol. The Hall–Kier alpha value is -2.17. The third-order valence-electron chi connectivity index (χ3n) is 4.06. The van der Waals surface area contributed by atoms with Crippen molar-refractivity contribution < 1.29 is 4.79 Å². The molecule has 1 atom stereocenters. The average molecular weight is 284 g/mol. The molecule has 5 nitrogen and oxygen atoms in total. The second-order valence-electron chi connectivity index (χ2n) is 5.51. The zero-order valence-electron chi connectivity index (χ0n) is 12.0. The molecule has 1 aliphatic heterocycles. The van der Waals surface area contributed by atoms with E-state index in [2.05, 4.69) is 15.2 Å². The fraction of sp³-hybridized carbons (Fsp3) is 0.438. The number of pyridine rings is 1. The number of rotatable bonds is 4. The number of nitrogens with one attached hydrogen (secondary N) is 1. The summed E-state index contributed by atoms with van der Waals surface area (Å²) in [5.41, 5.74) is 2.12. The van der Waals surface area contributed by atoms with Crippen LogP contribution in [0.25, 0.3) is 0 Å². The number of H-pyrrole nitrogens is 1. The van der Waals surface area contributed by atoms with Crippen LogP contribution in [0.3, 0.4) is 0 Å². The van der Waals surface area contributed by atoms with Gasteiger partial charge >= 0.3 is 0 Å². The highest BCUT2D eigenvalue weighted by Crippen LogP contribution is 2.25. The Morgan fingerprint density at radius 3 is 3.05 bits per heavy atom. The Bertz CT molecular complexity index is 567. The Morgan fingerprint density at radius 1 is 1.33 bits per heavy atom. The number of piperidine rings is 1. The van der Waals surface area contributed by atoms with Crippen molar-refractivity contribution in [3.05, 3.63) is 48.0 Å². The summed E-state index contributed by atoms with van der Waals surface area (Å²) in [6, 6.07) is 7.83. The molecular weight excluding hydrogens is 264 g/mol. The van der Waals surface area contributed by atoms with Crippen LogP contribution in [-0.4, -0.2) is 39.1 Å². The first-order chi connectivity index (χ1) is 10.3. The Labute approximate surface area is 124 Å². The molecule has 3 heterocycles. The third kappa shape index (κ3) is 3.48. The van der Waals surface area contributed by atoms with Gasteiger partial charge in [0.25, 0.3) is 0 Å². The van der Waals surface area contributed by atoms with Crippen molar-refractivity contribution in [1.82, 2.24) is 20.1 Å². The molecule has 0 radical (unpaired) electrons. The molecule has 1 N–H and O–H groups in total. The van der Waals surface area contributed by atoms with E-state index in [-0.39, 0.29) is 5.91 Å². The van der Waals surface area contributed by atoms with Crippen LogP contribution < -0.4 is 0 Å². The maximum atomic E-state index is 12.4. The van der Waals surface area contributed by atoms with Gasteiger partial charge in [-0.25, -0.2) is 0 Å². The first kappa shape index (κ1) is 13.8. The maximum absolute atomic E-state index is 12.4. The van der Waals surface area contributed by atoms with Gasteiger partial charge in [0, 0.05) is 49.2 Å². The largest absolute Gasteiger partial charge is 0.342 e. The third-order valence-corrected chi connectivity index (χ3v) is 4.06. The quantitative estimate of drug-likeness (QED) is 0.935. The first-order valence-corrected chi connectivity index (χ1v) is 7.50. The molecule has 110 valence electrons. The summed E-state index contributed by atoms with van der Waals surface area (Å²) in [4.78, 5) is 18.6. The van der Waals surface area contributed by atoms with Gasteiger partial charge in [-0.05, 0) is 37.5 Å². The molecule has 0 aromatic carbocycles. The Balaban J connectivity index is 1.55. The Kier molecular flexibility index (Phi) is 4.28. The van der Waals surface area contributed by atoms with Crippen LogP contribution >= 0.6 is 0 Å². The zero-order valence-corrected chi connectivity index (χ0v) is 12.0. The lowest BCUT2D eigenvalue weighted by Crippen LogP contribution is -2.39. The molecule has 1 aliphatic rings. The van der Waals surface area contributed by atoms with Crippen LogP contribution in [0.4, 0.5) is 0 Å². The Morgan fingerprint density at radius 2 is 2.29 bits per heavy atom. The molecule has 0 aliphatic carbocycles. The van der Waals surface area contributed by atoms with Gasteiger partial charge in [0.2, 0.25) is 5.91 Å². The van der Waals surface area contributed by atoms with E-state index in [1.807, 2.05) is 29.2 Å². The molecule has 2 aromatic rings. The molecule has 0 bridgehead atoms. The molecule has 0 spiro atoms. The van der Waals surface area contributed by atoms with Crippen molar-refractivity contribution in [2.24, 2.45) is 0 Å². The summed E-state index contributed by atoms with van der Waals surface area (Å²) in [5.74, 6) is 0.616. The minimum absolute atomic E-state index is 0.227. The van der Waals surface area contributed by atoms with Crippen LogP contribution in [0.1, 0.15) is 36.6 Å². The second kappa shape index (κ2) is 6.52. The summed E-state index contributed by atoms with van der Waals surface area (Å²) in [6.45, 7) is 1.66. The smallest absolute Gasteiger partial charge is 0.222 e. The monoisotopic (exact) mass is 284 g/mol. The lowest BCUT2D eigenvalue weighted by Gasteiger charge is -2.32. The van der Waals surface area contributed by atoms with Gasteiger partial charge in [0.1, 0.15) is 0 Å². The maximum Gasteiger partial charge on any atom is 0.222 e. The topological polar surface area (TPSA) is 61.9 Å². The predicted octanol–water partition coefficient (Wildman–Crippen LogP) is 2.14. The number of hydrogen-bond acceptors (Lipinski definition) is 3. The van der Waals surface area contributed by atoms with E-state index < -0.39 is 0 Å². The summed E-state index contributed by atoms with van der Waals surface area (Å²) in [6.07, 6.45) is 6.97. The number of nitrogens with zero attached hydrogens (tertiary/aromatic N) is 3. The van der Waals surface area contributed by atoms with Crippen molar-refractivity contribution in [3.8, 4) is 0 Å². The fourth-order valence-electron chi connectivity index (χ4n) is 2.89. The van der Waals surface area contributed by atoms with Crippen LogP contribution in [0.15, 0.2) is 36.7 Å². The standard InChI is InChI=1S/C16H20N4O/c21-16(7-6-14-5-1-2-9-17-14)20-11-3-4-13(12-20)15-8-10-18-19-15/h1-2,5,8-10,13H,3-4,6-7,11-12H2,(H,18,19). The van der Waals surface area contributed by atoms with Gasteiger partial charge in [-0.2, -0.15) is 5.10 Å². The van der Waals surface area contributed by atoms with Crippen LogP contribution in [-0.2, 0) is 11.2 Å². The zero-order chi connectivity index (χ0) is 14.5. The van der Waals surface area contributed by atoms with Gasteiger partial charge in [0.15, 0.2) is 0 Å². The van der Waals surface area contributed by atoms with E-state index in [1.165, 1.54) is 0 Å². The summed E-state index contributed by atoms with van der Waals surface area (Å²) >= 11 is 0. The van der Waals surface area contributed by atoms with E-state index in [4.69, 9.17) is 0 Å². The van der Waals surface area contributed by atoms with E-state index in [1.54, 1.807) is 12.4 Å². The van der Waals surface area contributed by atoms with Crippen LogP contribution in [0.5, 0.6) is 0 Å². The molecular formula is C16H20N4O. The van der Waals surface area contributed by atoms with Gasteiger partial charge in [-0.3, -0.25) is 14.9 Å². The highest BCUT2D eigenvalue weighted by Gasteiger charge is 2.25. The summed E-state index contributed by atoms with van der Waals surface area (Å²) < 4.78 is 0. The number of aromatic nitrogens is 3. The van der Waals surface area contributed by atoms with E-state index in [0.29, 0.717) is 18.8 Å². The number of aryl methyl sites for hydroxylation is 1. The van der Waals surface area contributed by atoms with Crippen molar-refractivity contribution in [2.75, 3.05) is 13.1 Å². The molecule has 1 unspecified atom stereocenters. The van der Waals surface area contributed by atoms with Gasteiger partial charge in [0.05, 0.1) is 0 Å². The lowest BCUT2D eigenvalue weighted by molar-refractivity contribution is -0.132. The molecule has 1 amide bonds. The molecule has 3 rings (SSSR count). The molecule has 2 aromatic heterocycles.